The molecular weight excluding hydrogens is 268 g/mol. The van der Waals surface area contributed by atoms with E-state index in [1.54, 1.807) is 26.4 Å². The molecule has 0 aliphatic heterocycles. The van der Waals surface area contributed by atoms with E-state index in [9.17, 15) is 9.59 Å². The summed E-state index contributed by atoms with van der Waals surface area (Å²) in [6.07, 6.45) is 2.29. The Morgan fingerprint density at radius 3 is 2.76 bits per heavy atom. The largest absolute Gasteiger partial charge is 0.384 e. The number of hydrogen-bond donors (Lipinski definition) is 1. The summed E-state index contributed by atoms with van der Waals surface area (Å²) in [5, 5.41) is 2.84. The second kappa shape index (κ2) is 6.85. The molecule has 1 heterocycles. The molecule has 0 aliphatic rings. The first kappa shape index (κ1) is 15.0. The molecule has 21 heavy (non-hydrogen) atoms. The van der Waals surface area contributed by atoms with Crippen LogP contribution in [0.15, 0.2) is 47.4 Å². The normalized spacial score (nSPS) is 10.4. The van der Waals surface area contributed by atoms with E-state index in [2.05, 4.69) is 5.32 Å². The molecule has 0 radical (unpaired) electrons. The number of aromatic nitrogens is 1. The van der Waals surface area contributed by atoms with E-state index in [1.807, 2.05) is 24.3 Å². The second-order valence-electron chi connectivity index (χ2n) is 4.72. The van der Waals surface area contributed by atoms with Crippen molar-refractivity contribution in [2.45, 2.75) is 6.42 Å². The molecular formula is C16H18N2O3. The number of pyridine rings is 1. The first-order valence-corrected chi connectivity index (χ1v) is 6.66. The SMILES string of the molecule is COCCc1ccccc1NC(=O)c1ccn(C)c(=O)c1. The van der Waals surface area contributed by atoms with Crippen molar-refractivity contribution in [2.24, 2.45) is 7.05 Å². The lowest BCUT2D eigenvalue weighted by Crippen LogP contribution is -2.20. The van der Waals surface area contributed by atoms with Gasteiger partial charge in [-0.1, -0.05) is 18.2 Å². The average molecular weight is 286 g/mol. The molecule has 0 spiro atoms. The molecule has 0 unspecified atom stereocenters. The van der Waals surface area contributed by atoms with Crippen molar-refractivity contribution in [3.05, 3.63) is 64.1 Å². The molecule has 5 heteroatoms. The predicted molar refractivity (Wildman–Crippen MR) is 81.7 cm³/mol. The fourth-order valence-electron chi connectivity index (χ4n) is 1.96. The van der Waals surface area contributed by atoms with Crippen LogP contribution in [0.4, 0.5) is 5.69 Å². The third-order valence-electron chi connectivity index (χ3n) is 3.21. The number of nitrogens with one attached hydrogen (secondary N) is 1. The van der Waals surface area contributed by atoms with Crippen molar-refractivity contribution in [3.8, 4) is 0 Å². The number of nitrogens with zero attached hydrogens (tertiary/aromatic N) is 1. The number of amides is 1. The van der Waals surface area contributed by atoms with Crippen molar-refractivity contribution in [1.29, 1.82) is 0 Å². The maximum absolute atomic E-state index is 12.2. The smallest absolute Gasteiger partial charge is 0.255 e. The lowest BCUT2D eigenvalue weighted by Gasteiger charge is -2.11. The van der Waals surface area contributed by atoms with Crippen LogP contribution in [0, 0.1) is 0 Å². The van der Waals surface area contributed by atoms with Crippen LogP contribution in [0.2, 0.25) is 0 Å². The summed E-state index contributed by atoms with van der Waals surface area (Å²) >= 11 is 0. The van der Waals surface area contributed by atoms with E-state index in [-0.39, 0.29) is 11.5 Å². The van der Waals surface area contributed by atoms with Crippen molar-refractivity contribution in [2.75, 3.05) is 19.0 Å². The quantitative estimate of drug-likeness (QED) is 0.912. The van der Waals surface area contributed by atoms with Crippen LogP contribution in [0.25, 0.3) is 0 Å². The number of carbonyl (C=O) groups is 1. The van der Waals surface area contributed by atoms with Gasteiger partial charge in [0, 0.05) is 37.7 Å². The van der Waals surface area contributed by atoms with Crippen LogP contribution < -0.4 is 10.9 Å². The van der Waals surface area contributed by atoms with Gasteiger partial charge in [-0.2, -0.15) is 0 Å². The predicted octanol–water partition coefficient (Wildman–Crippen LogP) is 1.83. The highest BCUT2D eigenvalue weighted by atomic mass is 16.5. The fraction of sp³-hybridized carbons (Fsp3) is 0.250. The van der Waals surface area contributed by atoms with Crippen LogP contribution in [-0.2, 0) is 18.2 Å². The minimum absolute atomic E-state index is 0.213. The second-order valence-corrected chi connectivity index (χ2v) is 4.72. The highest BCUT2D eigenvalue weighted by Gasteiger charge is 2.09. The number of methoxy groups -OCH3 is 1. The fourth-order valence-corrected chi connectivity index (χ4v) is 1.96. The van der Waals surface area contributed by atoms with Gasteiger partial charge in [0.25, 0.3) is 11.5 Å². The molecule has 0 saturated carbocycles. The van der Waals surface area contributed by atoms with E-state index in [1.165, 1.54) is 10.6 Å². The number of hydrogen-bond acceptors (Lipinski definition) is 3. The molecule has 2 rings (SSSR count). The summed E-state index contributed by atoms with van der Waals surface area (Å²) in [6, 6.07) is 10.5. The van der Waals surface area contributed by atoms with Crippen molar-refractivity contribution < 1.29 is 9.53 Å². The number of rotatable bonds is 5. The Morgan fingerprint density at radius 1 is 1.29 bits per heavy atom. The molecule has 0 atom stereocenters. The van der Waals surface area contributed by atoms with Crippen LogP contribution in [0.3, 0.4) is 0 Å². The van der Waals surface area contributed by atoms with Gasteiger partial charge in [0.2, 0.25) is 0 Å². The number of benzene rings is 1. The number of para-hydroxylation sites is 1. The molecule has 2 aromatic rings. The molecule has 0 saturated heterocycles. The summed E-state index contributed by atoms with van der Waals surface area (Å²) < 4.78 is 6.48. The molecule has 0 fully saturated rings. The minimum Gasteiger partial charge on any atom is -0.384 e. The van der Waals surface area contributed by atoms with Crippen LogP contribution in [0.5, 0.6) is 0 Å². The first-order chi connectivity index (χ1) is 10.1. The number of aryl methyl sites for hydroxylation is 1. The van der Waals surface area contributed by atoms with E-state index in [0.29, 0.717) is 18.6 Å². The van der Waals surface area contributed by atoms with Crippen LogP contribution in [-0.4, -0.2) is 24.2 Å². The van der Waals surface area contributed by atoms with Gasteiger partial charge < -0.3 is 14.6 Å². The number of anilines is 1. The van der Waals surface area contributed by atoms with E-state index >= 15 is 0 Å². The molecule has 110 valence electrons. The van der Waals surface area contributed by atoms with Gasteiger partial charge in [0.05, 0.1) is 6.61 Å². The zero-order chi connectivity index (χ0) is 15.2. The third-order valence-corrected chi connectivity index (χ3v) is 3.21. The minimum atomic E-state index is -0.294. The molecule has 0 aliphatic carbocycles. The summed E-state index contributed by atoms with van der Waals surface area (Å²) in [5.41, 5.74) is 1.87. The zero-order valence-corrected chi connectivity index (χ0v) is 12.1. The summed E-state index contributed by atoms with van der Waals surface area (Å²) in [6.45, 7) is 0.582. The summed E-state index contributed by atoms with van der Waals surface area (Å²) in [5.74, 6) is -0.294. The summed E-state index contributed by atoms with van der Waals surface area (Å²) in [4.78, 5) is 23.8. The Kier molecular flexibility index (Phi) is 4.90. The van der Waals surface area contributed by atoms with Gasteiger partial charge in [0.15, 0.2) is 0 Å². The highest BCUT2D eigenvalue weighted by molar-refractivity contribution is 6.04. The lowest BCUT2D eigenvalue weighted by molar-refractivity contribution is 0.102. The van der Waals surface area contributed by atoms with Gasteiger partial charge in [0.1, 0.15) is 0 Å². The van der Waals surface area contributed by atoms with Gasteiger partial charge in [-0.15, -0.1) is 0 Å². The first-order valence-electron chi connectivity index (χ1n) is 6.66. The molecule has 1 aromatic carbocycles. The Labute approximate surface area is 123 Å². The molecule has 5 nitrogen and oxygen atoms in total. The van der Waals surface area contributed by atoms with Gasteiger partial charge in [-0.3, -0.25) is 9.59 Å². The zero-order valence-electron chi connectivity index (χ0n) is 12.1. The van der Waals surface area contributed by atoms with Crippen molar-refractivity contribution >= 4 is 11.6 Å². The Balaban J connectivity index is 2.19. The molecule has 0 bridgehead atoms. The van der Waals surface area contributed by atoms with Gasteiger partial charge >= 0.3 is 0 Å². The van der Waals surface area contributed by atoms with Crippen molar-refractivity contribution in [3.63, 3.8) is 0 Å². The number of ether oxygens (including phenoxy) is 1. The van der Waals surface area contributed by atoms with E-state index in [0.717, 1.165) is 11.3 Å². The van der Waals surface area contributed by atoms with Gasteiger partial charge in [-0.25, -0.2) is 0 Å². The maximum atomic E-state index is 12.2. The Hall–Kier alpha value is -2.40. The van der Waals surface area contributed by atoms with Crippen LogP contribution >= 0.6 is 0 Å². The maximum Gasteiger partial charge on any atom is 0.255 e. The standard InChI is InChI=1S/C16H18N2O3/c1-18-9-7-13(11-15(18)19)16(20)17-14-6-4-3-5-12(14)8-10-21-2/h3-7,9,11H,8,10H2,1-2H3,(H,17,20). The van der Waals surface area contributed by atoms with Crippen LogP contribution in [0.1, 0.15) is 15.9 Å². The lowest BCUT2D eigenvalue weighted by atomic mass is 10.1. The monoisotopic (exact) mass is 286 g/mol. The van der Waals surface area contributed by atoms with E-state index in [4.69, 9.17) is 4.74 Å². The van der Waals surface area contributed by atoms with E-state index < -0.39 is 0 Å². The average Bonchev–Trinajstić information content (AvgIpc) is 2.49. The van der Waals surface area contributed by atoms with Crippen molar-refractivity contribution in [1.82, 2.24) is 4.57 Å². The topological polar surface area (TPSA) is 60.3 Å². The molecule has 1 aromatic heterocycles. The third kappa shape index (κ3) is 3.79. The Morgan fingerprint density at radius 2 is 2.05 bits per heavy atom. The summed E-state index contributed by atoms with van der Waals surface area (Å²) in [7, 11) is 3.28. The molecule has 1 N–H and O–H groups in total. The Bertz CT molecular complexity index is 692. The molecule has 1 amide bonds. The highest BCUT2D eigenvalue weighted by Crippen LogP contribution is 2.16. The number of carbonyl (C=O) groups excluding carboxylic acids is 1. The van der Waals surface area contributed by atoms with Gasteiger partial charge in [-0.05, 0) is 24.1 Å².